The zero-order chi connectivity index (χ0) is 30.6. The van der Waals surface area contributed by atoms with E-state index in [1.165, 1.54) is 23.8 Å². The largest absolute Gasteiger partial charge is 0.427 e. The number of likely N-dealkylation sites (tertiary alicyclic amines) is 1. The fraction of sp³-hybridized carbons (Fsp3) is 0.538. The quantitative estimate of drug-likeness (QED) is 0.126. The number of allylic oxidation sites excluding steroid dienone is 1. The van der Waals surface area contributed by atoms with Crippen LogP contribution in [-0.2, 0) is 33.5 Å². The van der Waals surface area contributed by atoms with Crippen molar-refractivity contribution in [2.24, 2.45) is 10.6 Å². The summed E-state index contributed by atoms with van der Waals surface area (Å²) < 4.78 is 10.4. The van der Waals surface area contributed by atoms with Gasteiger partial charge in [-0.15, -0.1) is 34.9 Å². The number of fused-ring (bicyclic) bond motifs is 1. The summed E-state index contributed by atoms with van der Waals surface area (Å²) >= 11 is 4.21. The number of β-lactam (4-membered cyclic amide) rings is 1. The number of nitrogens with zero attached hydrogens (tertiary/aromatic N) is 4. The van der Waals surface area contributed by atoms with E-state index in [1.807, 2.05) is 11.5 Å². The number of nitrogens with two attached hydrogens (primary N) is 1. The first-order valence-electron chi connectivity index (χ1n) is 13.1. The number of nitrogen functional groups attached to an aromatic ring is 1. The number of hydrogen-bond acceptors (Lipinski definition) is 14. The molecule has 0 aromatic carbocycles. The van der Waals surface area contributed by atoms with Crippen molar-refractivity contribution in [1.29, 1.82) is 0 Å². The zero-order valence-corrected chi connectivity index (χ0v) is 26.4. The maximum absolute atomic E-state index is 13.4. The Morgan fingerprint density at radius 2 is 2.07 bits per heavy atom. The highest BCUT2D eigenvalue weighted by atomic mass is 32.2. The van der Waals surface area contributed by atoms with E-state index >= 15 is 0 Å². The Hall–Kier alpha value is -3.08. The fourth-order valence-corrected chi connectivity index (χ4v) is 7.23. The van der Waals surface area contributed by atoms with Crippen molar-refractivity contribution in [3.63, 3.8) is 0 Å². The Morgan fingerprint density at radius 3 is 2.69 bits per heavy atom. The number of rotatable bonds is 10. The minimum Gasteiger partial charge on any atom is -0.427 e. The van der Waals surface area contributed by atoms with Gasteiger partial charge in [0.25, 0.3) is 11.8 Å². The average molecular weight is 639 g/mol. The molecule has 42 heavy (non-hydrogen) atoms. The Labute approximate surface area is 256 Å². The topological polar surface area (TPSA) is 166 Å². The van der Waals surface area contributed by atoms with Gasteiger partial charge in [-0.05, 0) is 57.8 Å². The smallest absolute Gasteiger partial charge is 0.358 e. The molecule has 4 heterocycles. The van der Waals surface area contributed by atoms with Crippen molar-refractivity contribution >= 4 is 69.5 Å². The first-order chi connectivity index (χ1) is 19.9. The van der Waals surface area contributed by atoms with Gasteiger partial charge in [-0.3, -0.25) is 19.3 Å². The molecule has 3 atom stereocenters. The molecule has 4 rings (SSSR count). The molecule has 0 radical (unpaired) electrons. The first kappa shape index (κ1) is 31.8. The number of esters is 2. The Morgan fingerprint density at radius 1 is 1.31 bits per heavy atom. The zero-order valence-electron chi connectivity index (χ0n) is 23.9. The molecule has 1 aromatic rings. The SMILES string of the molecule is CON=C(C(=O)N[C@@H]1C(=O)N2C(C(=O)OCOC(=O)C(C)(C)C)=C(/C=C/S[C@H]3CCN(C)C3)CS[C@H]12)c1csc(N)n1. The minimum atomic E-state index is -0.934. The lowest BCUT2D eigenvalue weighted by Gasteiger charge is -2.49. The lowest BCUT2D eigenvalue weighted by atomic mass is 9.98. The summed E-state index contributed by atoms with van der Waals surface area (Å²) in [6.45, 7) is 6.46. The number of aromatic nitrogens is 1. The van der Waals surface area contributed by atoms with Crippen LogP contribution in [0.4, 0.5) is 5.13 Å². The van der Waals surface area contributed by atoms with Crippen molar-refractivity contribution in [1.82, 2.24) is 20.1 Å². The summed E-state index contributed by atoms with van der Waals surface area (Å²) in [6.07, 6.45) is 2.88. The summed E-state index contributed by atoms with van der Waals surface area (Å²) in [4.78, 5) is 64.3. The lowest BCUT2D eigenvalue weighted by molar-refractivity contribution is -0.173. The number of thiazole rings is 1. The highest BCUT2D eigenvalue weighted by Gasteiger charge is 2.54. The number of ether oxygens (including phenoxy) is 2. The molecule has 2 fully saturated rings. The molecule has 0 aliphatic carbocycles. The van der Waals surface area contributed by atoms with Gasteiger partial charge < -0.3 is 30.3 Å². The molecule has 1 aromatic heterocycles. The Bertz CT molecular complexity index is 1320. The van der Waals surface area contributed by atoms with Crippen molar-refractivity contribution < 1.29 is 33.5 Å². The molecule has 16 heteroatoms. The molecule has 228 valence electrons. The van der Waals surface area contributed by atoms with Crippen molar-refractivity contribution in [3.05, 3.63) is 33.8 Å². The number of carbonyl (C=O) groups excluding carboxylic acids is 4. The summed E-state index contributed by atoms with van der Waals surface area (Å²) in [5.74, 6) is -2.12. The van der Waals surface area contributed by atoms with Crippen LogP contribution in [0.15, 0.2) is 33.3 Å². The van der Waals surface area contributed by atoms with Gasteiger partial charge in [-0.1, -0.05) is 5.16 Å². The molecule has 3 N–H and O–H groups in total. The second kappa shape index (κ2) is 13.5. The maximum Gasteiger partial charge on any atom is 0.358 e. The van der Waals surface area contributed by atoms with Crippen LogP contribution in [-0.4, -0.2) is 101 Å². The third-order valence-electron chi connectivity index (χ3n) is 6.52. The van der Waals surface area contributed by atoms with E-state index in [1.54, 1.807) is 37.9 Å². The Kier molecular flexibility index (Phi) is 10.2. The molecule has 0 unspecified atom stereocenters. The molecule has 3 aliphatic heterocycles. The van der Waals surface area contributed by atoms with Gasteiger partial charge >= 0.3 is 11.9 Å². The molecule has 3 aliphatic rings. The van der Waals surface area contributed by atoms with E-state index in [-0.39, 0.29) is 22.2 Å². The molecule has 2 amide bonds. The monoisotopic (exact) mass is 638 g/mol. The van der Waals surface area contributed by atoms with Crippen LogP contribution in [0.25, 0.3) is 0 Å². The predicted molar refractivity (Wildman–Crippen MR) is 161 cm³/mol. The van der Waals surface area contributed by atoms with Crippen molar-refractivity contribution in [3.8, 4) is 0 Å². The first-order valence-corrected chi connectivity index (χ1v) is 15.9. The number of nitrogens with one attached hydrogen (secondary N) is 1. The van der Waals surface area contributed by atoms with E-state index in [0.717, 1.165) is 30.8 Å². The van der Waals surface area contributed by atoms with Crippen LogP contribution in [0.1, 0.15) is 32.9 Å². The summed E-state index contributed by atoms with van der Waals surface area (Å²) in [5.41, 5.74) is 5.66. The van der Waals surface area contributed by atoms with Gasteiger partial charge in [-0.2, -0.15) is 0 Å². The van der Waals surface area contributed by atoms with Crippen molar-refractivity contribution in [2.75, 3.05) is 45.5 Å². The lowest BCUT2D eigenvalue weighted by Crippen LogP contribution is -2.71. The van der Waals surface area contributed by atoms with Crippen LogP contribution in [0.3, 0.4) is 0 Å². The van der Waals surface area contributed by atoms with Gasteiger partial charge in [0, 0.05) is 22.9 Å². The molecule has 0 saturated carbocycles. The summed E-state index contributed by atoms with van der Waals surface area (Å²) in [5, 5.41) is 10.0. The van der Waals surface area contributed by atoms with Crippen LogP contribution in [0.2, 0.25) is 0 Å². The number of carbonyl (C=O) groups is 4. The number of amides is 2. The third-order valence-corrected chi connectivity index (χ3v) is 9.56. The number of hydrogen-bond donors (Lipinski definition) is 2. The van der Waals surface area contributed by atoms with Crippen LogP contribution >= 0.6 is 34.9 Å². The molecule has 2 saturated heterocycles. The average Bonchev–Trinajstić information content (AvgIpc) is 3.56. The maximum atomic E-state index is 13.4. The summed E-state index contributed by atoms with van der Waals surface area (Å²) in [6, 6.07) is -0.934. The summed E-state index contributed by atoms with van der Waals surface area (Å²) in [7, 11) is 3.36. The van der Waals surface area contributed by atoms with Gasteiger partial charge in [-0.25, -0.2) is 9.78 Å². The van der Waals surface area contributed by atoms with E-state index in [2.05, 4.69) is 27.4 Å². The fourth-order valence-electron chi connectivity index (χ4n) is 4.32. The molecular weight excluding hydrogens is 605 g/mol. The Balaban J connectivity index is 1.50. The van der Waals surface area contributed by atoms with Gasteiger partial charge in [0.15, 0.2) is 10.8 Å². The molecule has 13 nitrogen and oxygen atoms in total. The normalized spacial score (nSPS) is 23.1. The number of anilines is 1. The number of thioether (sulfide) groups is 2. The van der Waals surface area contributed by atoms with E-state index in [9.17, 15) is 19.2 Å². The van der Waals surface area contributed by atoms with Gasteiger partial charge in [0.2, 0.25) is 6.79 Å². The second-order valence-corrected chi connectivity index (χ2v) is 14.0. The van der Waals surface area contributed by atoms with Crippen LogP contribution in [0, 0.1) is 5.41 Å². The van der Waals surface area contributed by atoms with Gasteiger partial charge in [0.1, 0.15) is 29.9 Å². The highest BCUT2D eigenvalue weighted by Crippen LogP contribution is 2.41. The highest BCUT2D eigenvalue weighted by molar-refractivity contribution is 8.02. The third kappa shape index (κ3) is 7.27. The van der Waals surface area contributed by atoms with E-state index < -0.39 is 47.4 Å². The van der Waals surface area contributed by atoms with Gasteiger partial charge in [0.05, 0.1) is 5.41 Å². The molecular formula is C26H34N6O7S3. The molecule has 0 spiro atoms. The standard InChI is InChI=1S/C26H34N6O7S3/c1-26(2,3)24(36)39-13-38-23(35)19-14(7-9-40-15-6-8-31(4)10-15)11-41-22-18(21(34)32(19)22)29-20(33)17(30-37-5)16-12-42-25(27)28-16/h7,9,12,15,18,22H,6,8,10-11,13H2,1-5H3,(H2,27,28)(H,29,33)/b9-7+,30-17?/t15-,18+,22+/m0/s1. The number of oxime groups is 1. The van der Waals surface area contributed by atoms with Crippen molar-refractivity contribution in [2.45, 2.75) is 43.9 Å². The predicted octanol–water partition coefficient (Wildman–Crippen LogP) is 1.77. The van der Waals surface area contributed by atoms with Crippen LogP contribution < -0.4 is 11.1 Å². The van der Waals surface area contributed by atoms with E-state index in [4.69, 9.17) is 20.0 Å². The van der Waals surface area contributed by atoms with Crippen LogP contribution in [0.5, 0.6) is 0 Å². The molecule has 0 bridgehead atoms. The minimum absolute atomic E-state index is 0.0551. The van der Waals surface area contributed by atoms with E-state index in [0.29, 0.717) is 16.6 Å². The second-order valence-electron chi connectivity index (χ2n) is 10.8.